The number of hydrogen-bond acceptors (Lipinski definition) is 4. The average molecular weight is 290 g/mol. The van der Waals surface area contributed by atoms with Crippen LogP contribution in [0.2, 0.25) is 0 Å². The van der Waals surface area contributed by atoms with Gasteiger partial charge in [0.2, 0.25) is 0 Å². The van der Waals surface area contributed by atoms with E-state index >= 15 is 0 Å². The van der Waals surface area contributed by atoms with Crippen molar-refractivity contribution in [1.29, 1.82) is 0 Å². The third-order valence-corrected chi connectivity index (χ3v) is 4.76. The van der Waals surface area contributed by atoms with Gasteiger partial charge in [-0.15, -0.1) is 11.3 Å². The molecular formula is C15H22N4S. The van der Waals surface area contributed by atoms with Gasteiger partial charge in [0.05, 0.1) is 12.2 Å². The van der Waals surface area contributed by atoms with Gasteiger partial charge in [-0.1, -0.05) is 6.92 Å². The lowest BCUT2D eigenvalue weighted by Crippen LogP contribution is -2.09. The molecule has 1 N–H and O–H groups in total. The summed E-state index contributed by atoms with van der Waals surface area (Å²) in [6.45, 7) is 6.20. The monoisotopic (exact) mass is 290 g/mol. The third-order valence-electron chi connectivity index (χ3n) is 3.82. The minimum atomic E-state index is 0.916. The second kappa shape index (κ2) is 5.95. The highest BCUT2D eigenvalue weighted by Gasteiger charge is 2.18. The molecule has 0 aromatic carbocycles. The van der Waals surface area contributed by atoms with Crippen molar-refractivity contribution in [3.8, 4) is 0 Å². The Balaban J connectivity index is 1.77. The molecule has 2 aromatic rings. The van der Waals surface area contributed by atoms with E-state index in [9.17, 15) is 0 Å². The molecular weight excluding hydrogens is 268 g/mol. The van der Waals surface area contributed by atoms with Crippen LogP contribution in [0, 0.1) is 6.92 Å². The zero-order chi connectivity index (χ0) is 13.9. The van der Waals surface area contributed by atoms with Gasteiger partial charge >= 0.3 is 0 Å². The standard InChI is InChI=1S/C15H22N4S/c1-3-8-16-15-17-9-12(20-15)10-19-11(2)18-13-6-4-5-7-14(13)19/h9H,3-8,10H2,1-2H3,(H,16,17). The zero-order valence-electron chi connectivity index (χ0n) is 12.3. The molecule has 0 saturated heterocycles. The Morgan fingerprint density at radius 2 is 2.20 bits per heavy atom. The van der Waals surface area contributed by atoms with Gasteiger partial charge in [-0.05, 0) is 39.0 Å². The number of rotatable bonds is 5. The summed E-state index contributed by atoms with van der Waals surface area (Å²) in [5.41, 5.74) is 2.77. The van der Waals surface area contributed by atoms with Crippen molar-refractivity contribution in [3.05, 3.63) is 28.3 Å². The maximum atomic E-state index is 4.74. The van der Waals surface area contributed by atoms with Crippen molar-refractivity contribution < 1.29 is 0 Å². The molecule has 0 aliphatic heterocycles. The highest BCUT2D eigenvalue weighted by Crippen LogP contribution is 2.25. The first-order chi connectivity index (χ1) is 9.78. The summed E-state index contributed by atoms with van der Waals surface area (Å²) in [5.74, 6) is 1.15. The molecule has 0 bridgehead atoms. The highest BCUT2D eigenvalue weighted by atomic mass is 32.1. The normalized spacial score (nSPS) is 14.3. The van der Waals surface area contributed by atoms with Gasteiger partial charge in [-0.25, -0.2) is 9.97 Å². The highest BCUT2D eigenvalue weighted by molar-refractivity contribution is 7.15. The fraction of sp³-hybridized carbons (Fsp3) is 0.600. The summed E-state index contributed by atoms with van der Waals surface area (Å²) in [5, 5.41) is 4.39. The average Bonchev–Trinajstić information content (AvgIpc) is 3.02. The number of thiazole rings is 1. The van der Waals surface area contributed by atoms with E-state index in [1.165, 1.54) is 35.5 Å². The summed E-state index contributed by atoms with van der Waals surface area (Å²) >= 11 is 1.76. The second-order valence-electron chi connectivity index (χ2n) is 5.40. The van der Waals surface area contributed by atoms with Crippen LogP contribution in [0.3, 0.4) is 0 Å². The van der Waals surface area contributed by atoms with Gasteiger partial charge in [0.1, 0.15) is 5.82 Å². The number of fused-ring (bicyclic) bond motifs is 1. The molecule has 108 valence electrons. The molecule has 0 unspecified atom stereocenters. The maximum Gasteiger partial charge on any atom is 0.182 e. The molecule has 0 radical (unpaired) electrons. The molecule has 0 spiro atoms. The van der Waals surface area contributed by atoms with Crippen molar-refractivity contribution in [2.75, 3.05) is 11.9 Å². The van der Waals surface area contributed by atoms with Crippen LogP contribution in [0.15, 0.2) is 6.20 Å². The number of nitrogens with one attached hydrogen (secondary N) is 1. The van der Waals surface area contributed by atoms with Crippen LogP contribution in [0.4, 0.5) is 5.13 Å². The molecule has 2 aromatic heterocycles. The second-order valence-corrected chi connectivity index (χ2v) is 6.52. The Morgan fingerprint density at radius 1 is 1.35 bits per heavy atom. The van der Waals surface area contributed by atoms with Gasteiger partial charge in [-0.2, -0.15) is 0 Å². The van der Waals surface area contributed by atoms with Crippen LogP contribution in [-0.4, -0.2) is 21.1 Å². The molecule has 0 amide bonds. The number of aryl methyl sites for hydroxylation is 2. The predicted molar refractivity (Wildman–Crippen MR) is 83.6 cm³/mol. The van der Waals surface area contributed by atoms with Crippen LogP contribution in [0.5, 0.6) is 0 Å². The Bertz CT molecular complexity index is 585. The van der Waals surface area contributed by atoms with Gasteiger partial charge in [0.25, 0.3) is 0 Å². The fourth-order valence-electron chi connectivity index (χ4n) is 2.80. The molecule has 0 fully saturated rings. The zero-order valence-corrected chi connectivity index (χ0v) is 13.1. The molecule has 1 aliphatic rings. The van der Waals surface area contributed by atoms with E-state index in [1.54, 1.807) is 11.3 Å². The summed E-state index contributed by atoms with van der Waals surface area (Å²) in [6.07, 6.45) is 8.03. The van der Waals surface area contributed by atoms with Crippen molar-refractivity contribution in [1.82, 2.24) is 14.5 Å². The molecule has 20 heavy (non-hydrogen) atoms. The third kappa shape index (κ3) is 2.73. The van der Waals surface area contributed by atoms with Crippen LogP contribution in [0.1, 0.15) is 48.3 Å². The molecule has 1 aliphatic carbocycles. The Labute approximate surface area is 124 Å². The van der Waals surface area contributed by atoms with Crippen molar-refractivity contribution in [2.24, 2.45) is 0 Å². The summed E-state index contributed by atoms with van der Waals surface area (Å²) in [7, 11) is 0. The fourth-order valence-corrected chi connectivity index (χ4v) is 3.62. The lowest BCUT2D eigenvalue weighted by molar-refractivity contribution is 0.626. The molecule has 3 rings (SSSR count). The summed E-state index contributed by atoms with van der Waals surface area (Å²) in [4.78, 5) is 10.5. The van der Waals surface area contributed by atoms with Crippen molar-refractivity contribution in [3.63, 3.8) is 0 Å². The predicted octanol–water partition coefficient (Wildman–Crippen LogP) is 3.40. The van der Waals surface area contributed by atoms with Crippen LogP contribution in [-0.2, 0) is 19.4 Å². The number of hydrogen-bond donors (Lipinski definition) is 1. The number of nitrogens with zero attached hydrogens (tertiary/aromatic N) is 3. The summed E-state index contributed by atoms with van der Waals surface area (Å²) in [6, 6.07) is 0. The Hall–Kier alpha value is -1.36. The van der Waals surface area contributed by atoms with Crippen LogP contribution >= 0.6 is 11.3 Å². The quantitative estimate of drug-likeness (QED) is 0.917. The van der Waals surface area contributed by atoms with E-state index in [0.29, 0.717) is 0 Å². The Kier molecular flexibility index (Phi) is 4.05. The molecule has 4 nitrogen and oxygen atoms in total. The van der Waals surface area contributed by atoms with E-state index in [1.807, 2.05) is 6.20 Å². The minimum Gasteiger partial charge on any atom is -0.362 e. The van der Waals surface area contributed by atoms with E-state index < -0.39 is 0 Å². The van der Waals surface area contributed by atoms with Crippen LogP contribution in [0.25, 0.3) is 0 Å². The van der Waals surface area contributed by atoms with E-state index in [2.05, 4.69) is 28.7 Å². The largest absolute Gasteiger partial charge is 0.362 e. The molecule has 2 heterocycles. The lowest BCUT2D eigenvalue weighted by Gasteiger charge is -2.13. The van der Waals surface area contributed by atoms with Gasteiger partial charge in [0, 0.05) is 23.3 Å². The smallest absolute Gasteiger partial charge is 0.182 e. The number of imidazole rings is 1. The van der Waals surface area contributed by atoms with Gasteiger partial charge < -0.3 is 9.88 Å². The summed E-state index contributed by atoms with van der Waals surface area (Å²) < 4.78 is 2.38. The lowest BCUT2D eigenvalue weighted by atomic mass is 10.0. The molecule has 5 heteroatoms. The number of anilines is 1. The molecule has 0 atom stereocenters. The first-order valence-corrected chi connectivity index (χ1v) is 8.33. The van der Waals surface area contributed by atoms with Gasteiger partial charge in [-0.3, -0.25) is 0 Å². The molecule has 0 saturated carbocycles. The van der Waals surface area contributed by atoms with Crippen molar-refractivity contribution in [2.45, 2.75) is 52.5 Å². The van der Waals surface area contributed by atoms with Crippen LogP contribution < -0.4 is 5.32 Å². The van der Waals surface area contributed by atoms with E-state index in [4.69, 9.17) is 4.98 Å². The van der Waals surface area contributed by atoms with E-state index in [-0.39, 0.29) is 0 Å². The first-order valence-electron chi connectivity index (χ1n) is 7.51. The Morgan fingerprint density at radius 3 is 3.05 bits per heavy atom. The first kappa shape index (κ1) is 13.6. The minimum absolute atomic E-state index is 0.916. The maximum absolute atomic E-state index is 4.74. The topological polar surface area (TPSA) is 42.7 Å². The van der Waals surface area contributed by atoms with E-state index in [0.717, 1.165) is 36.9 Å². The SMILES string of the molecule is CCCNc1ncc(Cn2c(C)nc3c2CCCC3)s1. The number of aromatic nitrogens is 3. The van der Waals surface area contributed by atoms with Crippen molar-refractivity contribution >= 4 is 16.5 Å². The van der Waals surface area contributed by atoms with Gasteiger partial charge in [0.15, 0.2) is 5.13 Å².